The number of amides is 1. The Labute approximate surface area is 176 Å². The number of nitrogens with zero attached hydrogens (tertiary/aromatic N) is 2. The lowest BCUT2D eigenvalue weighted by Crippen LogP contribution is -2.54. The van der Waals surface area contributed by atoms with Crippen molar-refractivity contribution in [1.29, 1.82) is 0 Å². The maximum atomic E-state index is 13.1. The fourth-order valence-corrected chi connectivity index (χ4v) is 4.73. The number of hydrogen-bond acceptors (Lipinski definition) is 5. The molecule has 1 aliphatic rings. The number of rotatable bonds is 7. The van der Waals surface area contributed by atoms with Crippen LogP contribution in [0, 0.1) is 5.82 Å². The zero-order valence-electron chi connectivity index (χ0n) is 17.0. The highest BCUT2D eigenvalue weighted by Gasteiger charge is 2.30. The number of nitrogens with one attached hydrogen (secondary N) is 1. The van der Waals surface area contributed by atoms with Crippen LogP contribution < -0.4 is 14.4 Å². The van der Waals surface area contributed by atoms with Gasteiger partial charge in [-0.3, -0.25) is 4.79 Å². The van der Waals surface area contributed by atoms with Crippen LogP contribution in [0.1, 0.15) is 13.3 Å². The zero-order chi connectivity index (χ0) is 21.7. The molecule has 0 bridgehead atoms. The molecule has 0 aliphatic carbocycles. The van der Waals surface area contributed by atoms with E-state index in [1.807, 2.05) is 24.3 Å². The number of piperazine rings is 1. The van der Waals surface area contributed by atoms with Gasteiger partial charge in [-0.05, 0) is 42.8 Å². The summed E-state index contributed by atoms with van der Waals surface area (Å²) in [6, 6.07) is 11.3. The van der Waals surface area contributed by atoms with Gasteiger partial charge in [0.15, 0.2) is 0 Å². The van der Waals surface area contributed by atoms with Gasteiger partial charge in [0.1, 0.15) is 17.6 Å². The van der Waals surface area contributed by atoms with Gasteiger partial charge in [0.25, 0.3) is 0 Å². The van der Waals surface area contributed by atoms with Crippen LogP contribution in [0.15, 0.2) is 53.4 Å². The predicted molar refractivity (Wildman–Crippen MR) is 113 cm³/mol. The second-order valence-electron chi connectivity index (χ2n) is 7.02. The number of halogens is 1. The van der Waals surface area contributed by atoms with Gasteiger partial charge in [0.05, 0.1) is 17.7 Å². The summed E-state index contributed by atoms with van der Waals surface area (Å²) in [6.07, 6.45) is 0.311. The van der Waals surface area contributed by atoms with Crippen LogP contribution in [-0.4, -0.2) is 58.6 Å². The summed E-state index contributed by atoms with van der Waals surface area (Å²) in [5.74, 6) is -0.0105. The lowest BCUT2D eigenvalue weighted by atomic mass is 10.1. The highest BCUT2D eigenvalue weighted by molar-refractivity contribution is 7.89. The number of carbonyl (C=O) groups excluding carboxylic acids is 1. The Morgan fingerprint density at radius 2 is 1.73 bits per heavy atom. The van der Waals surface area contributed by atoms with Crippen molar-refractivity contribution >= 4 is 21.6 Å². The van der Waals surface area contributed by atoms with Crippen LogP contribution in [-0.2, 0) is 14.8 Å². The van der Waals surface area contributed by atoms with E-state index in [0.29, 0.717) is 32.6 Å². The van der Waals surface area contributed by atoms with Gasteiger partial charge in [0, 0.05) is 26.2 Å². The first-order valence-electron chi connectivity index (χ1n) is 9.80. The quantitative estimate of drug-likeness (QED) is 0.722. The molecule has 0 spiro atoms. The van der Waals surface area contributed by atoms with Gasteiger partial charge in [-0.15, -0.1) is 0 Å². The van der Waals surface area contributed by atoms with Gasteiger partial charge in [-0.1, -0.05) is 19.1 Å². The van der Waals surface area contributed by atoms with Crippen molar-refractivity contribution in [2.75, 3.05) is 38.2 Å². The molecule has 1 N–H and O–H groups in total. The van der Waals surface area contributed by atoms with Crippen molar-refractivity contribution in [3.63, 3.8) is 0 Å². The van der Waals surface area contributed by atoms with Crippen molar-refractivity contribution in [2.24, 2.45) is 0 Å². The van der Waals surface area contributed by atoms with Crippen LogP contribution in [0.25, 0.3) is 0 Å². The molecule has 0 saturated carbocycles. The molecule has 162 valence electrons. The molecule has 1 fully saturated rings. The standard InChI is InChI=1S/C21H26FN3O4S/c1-3-18(23-30(27,28)17-10-8-16(22)9-11-17)21(26)25-14-12-24(13-15-25)19-6-4-5-7-20(19)29-2/h4-11,18,23H,3,12-15H2,1-2H3. The molecule has 2 aromatic rings. The summed E-state index contributed by atoms with van der Waals surface area (Å²) >= 11 is 0. The van der Waals surface area contributed by atoms with E-state index < -0.39 is 21.9 Å². The second-order valence-corrected chi connectivity index (χ2v) is 8.73. The number of benzene rings is 2. The van der Waals surface area contributed by atoms with Crippen LogP contribution in [0.4, 0.5) is 10.1 Å². The van der Waals surface area contributed by atoms with Crippen molar-refractivity contribution in [3.05, 3.63) is 54.3 Å². The normalized spacial score (nSPS) is 15.7. The van der Waals surface area contributed by atoms with E-state index in [9.17, 15) is 17.6 Å². The fraction of sp³-hybridized carbons (Fsp3) is 0.381. The van der Waals surface area contributed by atoms with Crippen LogP contribution in [0.3, 0.4) is 0 Å². The van der Waals surface area contributed by atoms with E-state index in [0.717, 1.165) is 23.6 Å². The molecule has 1 amide bonds. The molecular formula is C21H26FN3O4S. The van der Waals surface area contributed by atoms with E-state index in [2.05, 4.69) is 9.62 Å². The predicted octanol–water partition coefficient (Wildman–Crippen LogP) is 2.24. The topological polar surface area (TPSA) is 79.0 Å². The number of ether oxygens (including phenoxy) is 1. The number of anilines is 1. The molecule has 1 unspecified atom stereocenters. The van der Waals surface area contributed by atoms with Gasteiger partial charge in [0.2, 0.25) is 15.9 Å². The highest BCUT2D eigenvalue weighted by Crippen LogP contribution is 2.28. The lowest BCUT2D eigenvalue weighted by Gasteiger charge is -2.38. The minimum absolute atomic E-state index is 0.0730. The van der Waals surface area contributed by atoms with Crippen molar-refractivity contribution in [1.82, 2.24) is 9.62 Å². The molecule has 0 radical (unpaired) electrons. The van der Waals surface area contributed by atoms with Gasteiger partial charge in [-0.2, -0.15) is 4.72 Å². The van der Waals surface area contributed by atoms with Crippen LogP contribution >= 0.6 is 0 Å². The number of carbonyl (C=O) groups is 1. The average molecular weight is 436 g/mol. The van der Waals surface area contributed by atoms with E-state index in [-0.39, 0.29) is 10.8 Å². The van der Waals surface area contributed by atoms with Crippen LogP contribution in [0.2, 0.25) is 0 Å². The Morgan fingerprint density at radius 1 is 1.10 bits per heavy atom. The number of sulfonamides is 1. The molecule has 9 heteroatoms. The summed E-state index contributed by atoms with van der Waals surface area (Å²) < 4.78 is 46.1. The van der Waals surface area contributed by atoms with E-state index in [1.165, 1.54) is 12.1 Å². The minimum Gasteiger partial charge on any atom is -0.495 e. The minimum atomic E-state index is -3.93. The molecule has 3 rings (SSSR count). The second kappa shape index (κ2) is 9.44. The smallest absolute Gasteiger partial charge is 0.241 e. The first-order valence-corrected chi connectivity index (χ1v) is 11.3. The van der Waals surface area contributed by atoms with Crippen molar-refractivity contribution in [2.45, 2.75) is 24.3 Å². The summed E-state index contributed by atoms with van der Waals surface area (Å²) in [4.78, 5) is 16.7. The Bertz CT molecular complexity index is 974. The van der Waals surface area contributed by atoms with Gasteiger partial charge in [-0.25, -0.2) is 12.8 Å². The van der Waals surface area contributed by atoms with E-state index >= 15 is 0 Å². The third-order valence-corrected chi connectivity index (χ3v) is 6.63. The van der Waals surface area contributed by atoms with Crippen LogP contribution in [0.5, 0.6) is 5.75 Å². The molecule has 7 nitrogen and oxygen atoms in total. The molecular weight excluding hydrogens is 409 g/mol. The summed E-state index contributed by atoms with van der Waals surface area (Å²) in [5.41, 5.74) is 0.969. The van der Waals surface area contributed by atoms with Gasteiger partial charge >= 0.3 is 0 Å². The Balaban J connectivity index is 1.65. The molecule has 1 atom stereocenters. The Hall–Kier alpha value is -2.65. The molecule has 1 aliphatic heterocycles. The number of para-hydroxylation sites is 2. The summed E-state index contributed by atoms with van der Waals surface area (Å²) in [6.45, 7) is 3.94. The molecule has 1 saturated heterocycles. The van der Waals surface area contributed by atoms with Crippen molar-refractivity contribution in [3.8, 4) is 5.75 Å². The zero-order valence-corrected chi connectivity index (χ0v) is 17.9. The van der Waals surface area contributed by atoms with Crippen molar-refractivity contribution < 1.29 is 22.3 Å². The summed E-state index contributed by atoms with van der Waals surface area (Å²) in [5, 5.41) is 0. The average Bonchev–Trinajstić information content (AvgIpc) is 2.77. The highest BCUT2D eigenvalue weighted by atomic mass is 32.2. The SMILES string of the molecule is CCC(NS(=O)(=O)c1ccc(F)cc1)C(=O)N1CCN(c2ccccc2OC)CC1. The maximum absolute atomic E-state index is 13.1. The number of methoxy groups -OCH3 is 1. The molecule has 30 heavy (non-hydrogen) atoms. The Morgan fingerprint density at radius 3 is 2.33 bits per heavy atom. The monoisotopic (exact) mass is 435 g/mol. The Kier molecular flexibility index (Phi) is 6.94. The summed E-state index contributed by atoms with van der Waals surface area (Å²) in [7, 11) is -2.30. The largest absolute Gasteiger partial charge is 0.495 e. The molecule has 1 heterocycles. The van der Waals surface area contributed by atoms with E-state index in [4.69, 9.17) is 4.74 Å². The molecule has 2 aromatic carbocycles. The third-order valence-electron chi connectivity index (χ3n) is 5.14. The molecule has 0 aromatic heterocycles. The maximum Gasteiger partial charge on any atom is 0.241 e. The van der Waals surface area contributed by atoms with Gasteiger partial charge < -0.3 is 14.5 Å². The first kappa shape index (κ1) is 22.0. The first-order chi connectivity index (χ1) is 14.4. The fourth-order valence-electron chi connectivity index (χ4n) is 3.46. The lowest BCUT2D eigenvalue weighted by molar-refractivity contribution is -0.133. The van der Waals surface area contributed by atoms with E-state index in [1.54, 1.807) is 18.9 Å². The number of hydrogen-bond donors (Lipinski definition) is 1. The third kappa shape index (κ3) is 4.91.